The molecule has 1 atom stereocenters. The summed E-state index contributed by atoms with van der Waals surface area (Å²) in [6.07, 6.45) is 0. The third kappa shape index (κ3) is 2.87. The normalized spacial score (nSPS) is 15.1. The van der Waals surface area contributed by atoms with Crippen molar-refractivity contribution in [1.29, 1.82) is 0 Å². The summed E-state index contributed by atoms with van der Waals surface area (Å²) in [5.74, 6) is -2.15. The molecule has 0 amide bonds. The fourth-order valence-electron chi connectivity index (χ4n) is 1.37. The first kappa shape index (κ1) is 10.4. The Balaban J connectivity index is 4.49. The number of rotatable bonds is 3. The van der Waals surface area contributed by atoms with E-state index >= 15 is 0 Å². The number of halogens is 1. The lowest BCUT2D eigenvalue weighted by Crippen LogP contribution is -2.36. The van der Waals surface area contributed by atoms with Gasteiger partial charge in [-0.1, -0.05) is 13.8 Å². The standard InChI is InChI=1S/C8H15FO2/c1-5(2)6(7(10)11)8(3,4)9/h5-6H,1-4H3,(H,10,11). The first-order chi connectivity index (χ1) is 4.76. The van der Waals surface area contributed by atoms with Crippen LogP contribution in [0.4, 0.5) is 4.39 Å². The molecule has 0 spiro atoms. The molecule has 0 aromatic heterocycles. The molecule has 0 aromatic rings. The van der Waals surface area contributed by atoms with Gasteiger partial charge in [-0.2, -0.15) is 0 Å². The summed E-state index contributed by atoms with van der Waals surface area (Å²) in [7, 11) is 0. The molecule has 0 aliphatic carbocycles. The molecule has 0 bridgehead atoms. The summed E-state index contributed by atoms with van der Waals surface area (Å²) in [6.45, 7) is 6.01. The highest BCUT2D eigenvalue weighted by atomic mass is 19.1. The molecule has 0 fully saturated rings. The number of carboxylic acid groups (broad SMARTS) is 1. The molecule has 66 valence electrons. The van der Waals surface area contributed by atoms with E-state index in [0.717, 1.165) is 0 Å². The van der Waals surface area contributed by atoms with Gasteiger partial charge >= 0.3 is 5.97 Å². The molecule has 0 rings (SSSR count). The lowest BCUT2D eigenvalue weighted by atomic mass is 9.83. The average Bonchev–Trinajstić information content (AvgIpc) is 1.54. The molecule has 2 nitrogen and oxygen atoms in total. The van der Waals surface area contributed by atoms with Crippen LogP contribution in [-0.2, 0) is 4.79 Å². The maximum atomic E-state index is 13.2. The Labute approximate surface area is 66.4 Å². The molecule has 1 unspecified atom stereocenters. The van der Waals surface area contributed by atoms with Gasteiger partial charge in [0.2, 0.25) is 0 Å². The summed E-state index contributed by atoms with van der Waals surface area (Å²) >= 11 is 0. The molecule has 0 saturated heterocycles. The first-order valence-corrected chi connectivity index (χ1v) is 3.68. The van der Waals surface area contributed by atoms with Gasteiger partial charge < -0.3 is 5.11 Å². The van der Waals surface area contributed by atoms with Crippen LogP contribution in [0.25, 0.3) is 0 Å². The van der Waals surface area contributed by atoms with Crippen molar-refractivity contribution in [1.82, 2.24) is 0 Å². The average molecular weight is 162 g/mol. The zero-order valence-electron chi connectivity index (χ0n) is 7.39. The SMILES string of the molecule is CC(C)C(C(=O)O)C(C)(C)F. The lowest BCUT2D eigenvalue weighted by molar-refractivity contribution is -0.148. The van der Waals surface area contributed by atoms with E-state index in [0.29, 0.717) is 0 Å². The van der Waals surface area contributed by atoms with Crippen LogP contribution in [0.2, 0.25) is 0 Å². The topological polar surface area (TPSA) is 37.3 Å². The van der Waals surface area contributed by atoms with E-state index in [1.54, 1.807) is 13.8 Å². The van der Waals surface area contributed by atoms with Crippen molar-refractivity contribution in [3.05, 3.63) is 0 Å². The highest BCUT2D eigenvalue weighted by molar-refractivity contribution is 5.71. The zero-order chi connectivity index (χ0) is 9.23. The van der Waals surface area contributed by atoms with E-state index in [-0.39, 0.29) is 5.92 Å². The molecule has 0 radical (unpaired) electrons. The Morgan fingerprint density at radius 1 is 1.45 bits per heavy atom. The molecule has 0 aliphatic rings. The minimum Gasteiger partial charge on any atom is -0.481 e. The van der Waals surface area contributed by atoms with Crippen LogP contribution in [0.1, 0.15) is 27.7 Å². The second-order valence-electron chi connectivity index (χ2n) is 3.62. The van der Waals surface area contributed by atoms with Crippen LogP contribution in [0, 0.1) is 11.8 Å². The molecule has 11 heavy (non-hydrogen) atoms. The van der Waals surface area contributed by atoms with Crippen LogP contribution in [0.5, 0.6) is 0 Å². The van der Waals surface area contributed by atoms with Crippen molar-refractivity contribution in [3.8, 4) is 0 Å². The molecule has 0 heterocycles. The fraction of sp³-hybridized carbons (Fsp3) is 0.875. The van der Waals surface area contributed by atoms with E-state index in [1.807, 2.05) is 0 Å². The molecule has 0 aliphatic heterocycles. The monoisotopic (exact) mass is 162 g/mol. The Bertz CT molecular complexity index is 147. The van der Waals surface area contributed by atoms with Crippen LogP contribution >= 0.6 is 0 Å². The third-order valence-electron chi connectivity index (χ3n) is 1.67. The van der Waals surface area contributed by atoms with Crippen molar-refractivity contribution in [3.63, 3.8) is 0 Å². The number of hydrogen-bond acceptors (Lipinski definition) is 1. The van der Waals surface area contributed by atoms with Gasteiger partial charge in [0.25, 0.3) is 0 Å². The Kier molecular flexibility index (Phi) is 3.02. The molecular formula is C8H15FO2. The minimum atomic E-state index is -1.64. The summed E-state index contributed by atoms with van der Waals surface area (Å²) in [5, 5.41) is 8.64. The minimum absolute atomic E-state index is 0.174. The van der Waals surface area contributed by atoms with Gasteiger partial charge in [-0.15, -0.1) is 0 Å². The van der Waals surface area contributed by atoms with E-state index in [2.05, 4.69) is 0 Å². The highest BCUT2D eigenvalue weighted by Gasteiger charge is 2.37. The van der Waals surface area contributed by atoms with Gasteiger partial charge in [0.05, 0.1) is 5.92 Å². The predicted molar refractivity (Wildman–Crippen MR) is 41.2 cm³/mol. The largest absolute Gasteiger partial charge is 0.481 e. The second-order valence-corrected chi connectivity index (χ2v) is 3.62. The van der Waals surface area contributed by atoms with E-state index < -0.39 is 17.6 Å². The van der Waals surface area contributed by atoms with Crippen molar-refractivity contribution >= 4 is 5.97 Å². The van der Waals surface area contributed by atoms with Gasteiger partial charge in [0.1, 0.15) is 5.67 Å². The van der Waals surface area contributed by atoms with Gasteiger partial charge in [-0.05, 0) is 19.8 Å². The first-order valence-electron chi connectivity index (χ1n) is 3.68. The lowest BCUT2D eigenvalue weighted by Gasteiger charge is -2.26. The second kappa shape index (κ2) is 3.20. The Hall–Kier alpha value is -0.600. The van der Waals surface area contributed by atoms with Crippen molar-refractivity contribution in [2.24, 2.45) is 11.8 Å². The van der Waals surface area contributed by atoms with Crippen LogP contribution in [-0.4, -0.2) is 16.7 Å². The fourth-order valence-corrected chi connectivity index (χ4v) is 1.37. The quantitative estimate of drug-likeness (QED) is 0.690. The van der Waals surface area contributed by atoms with Crippen molar-refractivity contribution < 1.29 is 14.3 Å². The number of carbonyl (C=O) groups is 1. The molecule has 0 saturated carbocycles. The van der Waals surface area contributed by atoms with Crippen LogP contribution in [0.15, 0.2) is 0 Å². The van der Waals surface area contributed by atoms with Gasteiger partial charge in [-0.3, -0.25) is 4.79 Å². The van der Waals surface area contributed by atoms with E-state index in [4.69, 9.17) is 5.11 Å². The Morgan fingerprint density at radius 3 is 1.82 bits per heavy atom. The predicted octanol–water partition coefficient (Wildman–Crippen LogP) is 2.09. The number of alkyl halides is 1. The number of aliphatic carboxylic acids is 1. The third-order valence-corrected chi connectivity index (χ3v) is 1.67. The van der Waals surface area contributed by atoms with Crippen molar-refractivity contribution in [2.75, 3.05) is 0 Å². The van der Waals surface area contributed by atoms with Crippen LogP contribution < -0.4 is 0 Å². The number of carboxylic acids is 1. The molecular weight excluding hydrogens is 147 g/mol. The highest BCUT2D eigenvalue weighted by Crippen LogP contribution is 2.28. The zero-order valence-corrected chi connectivity index (χ0v) is 7.39. The van der Waals surface area contributed by atoms with Crippen LogP contribution in [0.3, 0.4) is 0 Å². The van der Waals surface area contributed by atoms with Gasteiger partial charge in [0, 0.05) is 0 Å². The summed E-state index contributed by atoms with van der Waals surface area (Å²) in [6, 6.07) is 0. The Morgan fingerprint density at radius 2 is 1.82 bits per heavy atom. The molecule has 0 aromatic carbocycles. The number of hydrogen-bond donors (Lipinski definition) is 1. The van der Waals surface area contributed by atoms with E-state index in [1.165, 1.54) is 13.8 Å². The molecule has 3 heteroatoms. The van der Waals surface area contributed by atoms with E-state index in [9.17, 15) is 9.18 Å². The smallest absolute Gasteiger partial charge is 0.309 e. The maximum absolute atomic E-state index is 13.2. The van der Waals surface area contributed by atoms with Crippen molar-refractivity contribution in [2.45, 2.75) is 33.4 Å². The summed E-state index contributed by atoms with van der Waals surface area (Å²) < 4.78 is 13.2. The summed E-state index contributed by atoms with van der Waals surface area (Å²) in [5.41, 5.74) is -1.64. The maximum Gasteiger partial charge on any atom is 0.309 e. The molecule has 1 N–H and O–H groups in total. The summed E-state index contributed by atoms with van der Waals surface area (Å²) in [4.78, 5) is 10.5. The van der Waals surface area contributed by atoms with Gasteiger partial charge in [0.15, 0.2) is 0 Å². The van der Waals surface area contributed by atoms with Gasteiger partial charge in [-0.25, -0.2) is 4.39 Å².